The van der Waals surface area contributed by atoms with Gasteiger partial charge in [-0.1, -0.05) is 36.8 Å². The van der Waals surface area contributed by atoms with E-state index in [1.165, 1.54) is 5.56 Å². The Morgan fingerprint density at radius 1 is 1.50 bits per heavy atom. The fourth-order valence-electron chi connectivity index (χ4n) is 2.91. The predicted molar refractivity (Wildman–Crippen MR) is 72.9 cm³/mol. The minimum absolute atomic E-state index is 0.115. The summed E-state index contributed by atoms with van der Waals surface area (Å²) in [7, 11) is 0. The van der Waals surface area contributed by atoms with Crippen molar-refractivity contribution in [1.29, 1.82) is 0 Å². The summed E-state index contributed by atoms with van der Waals surface area (Å²) < 4.78 is 0. The number of hydrogen-bond donors (Lipinski definition) is 2. The summed E-state index contributed by atoms with van der Waals surface area (Å²) in [5.41, 5.74) is 7.82. The normalized spacial score (nSPS) is 26.5. The van der Waals surface area contributed by atoms with Gasteiger partial charge in [0.15, 0.2) is 0 Å². The van der Waals surface area contributed by atoms with Crippen LogP contribution in [0.15, 0.2) is 24.3 Å². The molecule has 1 aromatic rings. The van der Waals surface area contributed by atoms with Crippen molar-refractivity contribution in [3.05, 3.63) is 35.4 Å². The van der Waals surface area contributed by atoms with Crippen LogP contribution in [0.5, 0.6) is 0 Å². The van der Waals surface area contributed by atoms with Crippen molar-refractivity contribution >= 4 is 5.91 Å². The van der Waals surface area contributed by atoms with Crippen LogP contribution in [0, 0.1) is 18.3 Å². The molecule has 0 radical (unpaired) electrons. The second-order valence-electron chi connectivity index (χ2n) is 5.67. The molecule has 1 aromatic carbocycles. The molecule has 2 rings (SSSR count). The molecule has 0 atom stereocenters. The molecule has 98 valence electrons. The Hall–Kier alpha value is -1.35. The summed E-state index contributed by atoms with van der Waals surface area (Å²) in [4.78, 5) is 12.2. The highest BCUT2D eigenvalue weighted by molar-refractivity contribution is 5.83. The topological polar surface area (TPSA) is 55.1 Å². The summed E-state index contributed by atoms with van der Waals surface area (Å²) in [6.45, 7) is 5.27. The molecule has 0 aromatic heterocycles. The van der Waals surface area contributed by atoms with E-state index in [1.54, 1.807) is 0 Å². The molecular formula is C15H22N2O. The Balaban J connectivity index is 1.92. The summed E-state index contributed by atoms with van der Waals surface area (Å²) in [5, 5.41) is 3.02. The third-order valence-corrected chi connectivity index (χ3v) is 3.89. The lowest BCUT2D eigenvalue weighted by molar-refractivity contribution is -0.138. The van der Waals surface area contributed by atoms with Crippen LogP contribution in [0.1, 0.15) is 30.9 Å². The fraction of sp³-hybridized carbons (Fsp3) is 0.533. The molecule has 3 heteroatoms. The maximum Gasteiger partial charge on any atom is 0.227 e. The van der Waals surface area contributed by atoms with E-state index in [1.807, 2.05) is 12.1 Å². The summed E-state index contributed by atoms with van der Waals surface area (Å²) in [6, 6.07) is 8.20. The van der Waals surface area contributed by atoms with Gasteiger partial charge in [-0.25, -0.2) is 0 Å². The molecule has 0 spiro atoms. The first-order chi connectivity index (χ1) is 8.55. The molecule has 1 saturated carbocycles. The van der Waals surface area contributed by atoms with E-state index in [-0.39, 0.29) is 11.3 Å². The minimum Gasteiger partial charge on any atom is -0.352 e. The fourth-order valence-corrected chi connectivity index (χ4v) is 2.91. The zero-order chi connectivity index (χ0) is 13.2. The van der Waals surface area contributed by atoms with E-state index in [0.717, 1.165) is 18.4 Å². The lowest BCUT2D eigenvalue weighted by Gasteiger charge is -2.44. The number of benzene rings is 1. The van der Waals surface area contributed by atoms with E-state index in [9.17, 15) is 4.79 Å². The van der Waals surface area contributed by atoms with Gasteiger partial charge in [-0.05, 0) is 31.2 Å². The Bertz CT molecular complexity index is 436. The Labute approximate surface area is 109 Å². The van der Waals surface area contributed by atoms with Crippen molar-refractivity contribution < 1.29 is 4.79 Å². The minimum atomic E-state index is -0.302. The van der Waals surface area contributed by atoms with E-state index in [4.69, 9.17) is 5.73 Å². The molecule has 1 amide bonds. The van der Waals surface area contributed by atoms with Crippen molar-refractivity contribution in [2.75, 3.05) is 6.54 Å². The zero-order valence-electron chi connectivity index (χ0n) is 11.2. The van der Waals surface area contributed by atoms with Crippen LogP contribution in [-0.2, 0) is 11.3 Å². The highest BCUT2D eigenvalue weighted by atomic mass is 16.2. The third kappa shape index (κ3) is 2.56. The Kier molecular flexibility index (Phi) is 3.71. The van der Waals surface area contributed by atoms with Crippen LogP contribution in [0.3, 0.4) is 0 Å². The quantitative estimate of drug-likeness (QED) is 0.853. The van der Waals surface area contributed by atoms with E-state index in [2.05, 4.69) is 31.3 Å². The third-order valence-electron chi connectivity index (χ3n) is 3.89. The number of carbonyl (C=O) groups excluding carboxylic acids is 1. The smallest absolute Gasteiger partial charge is 0.227 e. The van der Waals surface area contributed by atoms with Crippen molar-refractivity contribution in [3.63, 3.8) is 0 Å². The average molecular weight is 246 g/mol. The molecule has 3 N–H and O–H groups in total. The number of amides is 1. The van der Waals surface area contributed by atoms with Gasteiger partial charge in [0.05, 0.1) is 5.41 Å². The van der Waals surface area contributed by atoms with Crippen LogP contribution in [0.25, 0.3) is 0 Å². The number of hydrogen-bond acceptors (Lipinski definition) is 2. The first-order valence-corrected chi connectivity index (χ1v) is 6.60. The van der Waals surface area contributed by atoms with Crippen LogP contribution >= 0.6 is 0 Å². The van der Waals surface area contributed by atoms with E-state index < -0.39 is 0 Å². The van der Waals surface area contributed by atoms with Crippen molar-refractivity contribution in [2.24, 2.45) is 17.1 Å². The van der Waals surface area contributed by atoms with Gasteiger partial charge in [-0.2, -0.15) is 0 Å². The SMILES string of the molecule is Cc1cccc(CNC(=O)C2(CN)CC(C)C2)c1. The van der Waals surface area contributed by atoms with Gasteiger partial charge in [0.25, 0.3) is 0 Å². The Morgan fingerprint density at radius 2 is 2.22 bits per heavy atom. The molecule has 0 aliphatic heterocycles. The zero-order valence-corrected chi connectivity index (χ0v) is 11.2. The van der Waals surface area contributed by atoms with Gasteiger partial charge in [-0.15, -0.1) is 0 Å². The molecule has 0 heterocycles. The highest BCUT2D eigenvalue weighted by Gasteiger charge is 2.46. The van der Waals surface area contributed by atoms with Crippen molar-refractivity contribution in [1.82, 2.24) is 5.32 Å². The lowest BCUT2D eigenvalue weighted by atomic mass is 9.62. The lowest BCUT2D eigenvalue weighted by Crippen LogP contribution is -2.53. The largest absolute Gasteiger partial charge is 0.352 e. The summed E-state index contributed by atoms with van der Waals surface area (Å²) >= 11 is 0. The van der Waals surface area contributed by atoms with Crippen LogP contribution < -0.4 is 11.1 Å². The molecular weight excluding hydrogens is 224 g/mol. The number of aryl methyl sites for hydroxylation is 1. The Morgan fingerprint density at radius 3 is 2.78 bits per heavy atom. The van der Waals surface area contributed by atoms with Gasteiger partial charge in [0.1, 0.15) is 0 Å². The van der Waals surface area contributed by atoms with Gasteiger partial charge >= 0.3 is 0 Å². The van der Waals surface area contributed by atoms with E-state index in [0.29, 0.717) is 19.0 Å². The number of nitrogens with two attached hydrogens (primary N) is 1. The first-order valence-electron chi connectivity index (χ1n) is 6.60. The van der Waals surface area contributed by atoms with Crippen LogP contribution in [0.2, 0.25) is 0 Å². The molecule has 1 fully saturated rings. The molecule has 18 heavy (non-hydrogen) atoms. The van der Waals surface area contributed by atoms with Crippen LogP contribution in [0.4, 0.5) is 0 Å². The molecule has 1 aliphatic carbocycles. The summed E-state index contributed by atoms with van der Waals surface area (Å²) in [5.74, 6) is 0.739. The second kappa shape index (κ2) is 5.11. The monoisotopic (exact) mass is 246 g/mol. The number of nitrogens with one attached hydrogen (secondary N) is 1. The average Bonchev–Trinajstić information content (AvgIpc) is 2.32. The number of carbonyl (C=O) groups is 1. The van der Waals surface area contributed by atoms with Crippen molar-refractivity contribution in [2.45, 2.75) is 33.2 Å². The molecule has 0 bridgehead atoms. The van der Waals surface area contributed by atoms with Gasteiger partial charge < -0.3 is 11.1 Å². The maximum absolute atomic E-state index is 12.2. The molecule has 1 aliphatic rings. The van der Waals surface area contributed by atoms with Crippen molar-refractivity contribution in [3.8, 4) is 0 Å². The molecule has 3 nitrogen and oxygen atoms in total. The second-order valence-corrected chi connectivity index (χ2v) is 5.67. The number of rotatable bonds is 4. The van der Waals surface area contributed by atoms with Gasteiger partial charge in [0, 0.05) is 13.1 Å². The molecule has 0 saturated heterocycles. The predicted octanol–water partition coefficient (Wildman–Crippen LogP) is 1.99. The van der Waals surface area contributed by atoms with Gasteiger partial charge in [-0.3, -0.25) is 4.79 Å². The van der Waals surface area contributed by atoms with Gasteiger partial charge in [0.2, 0.25) is 5.91 Å². The summed E-state index contributed by atoms with van der Waals surface area (Å²) in [6.07, 6.45) is 1.84. The standard InChI is InChI=1S/C15H22N2O/c1-11-4-3-5-13(6-11)9-17-14(18)15(10-16)7-12(2)8-15/h3-6,12H,7-10,16H2,1-2H3,(H,17,18). The molecule has 0 unspecified atom stereocenters. The maximum atomic E-state index is 12.2. The van der Waals surface area contributed by atoms with Crippen LogP contribution in [-0.4, -0.2) is 12.5 Å². The highest BCUT2D eigenvalue weighted by Crippen LogP contribution is 2.44. The first kappa shape index (κ1) is 13.1. The van der Waals surface area contributed by atoms with E-state index >= 15 is 0 Å².